The summed E-state index contributed by atoms with van der Waals surface area (Å²) in [6, 6.07) is 5.25. The lowest BCUT2D eigenvalue weighted by molar-refractivity contribution is 0.0872. The molecule has 2 aliphatic heterocycles. The molecule has 0 amide bonds. The number of rotatable bonds is 0. The molecule has 2 heterocycles. The third kappa shape index (κ3) is 1.44. The van der Waals surface area contributed by atoms with Gasteiger partial charge in [-0.1, -0.05) is 28.9 Å². The summed E-state index contributed by atoms with van der Waals surface area (Å²) in [5, 5.41) is 12.7. The number of nitrogens with zero attached hydrogens (tertiary/aromatic N) is 2. The van der Waals surface area contributed by atoms with Crippen LogP contribution in [0.2, 0.25) is 5.02 Å². The van der Waals surface area contributed by atoms with E-state index in [2.05, 4.69) is 5.16 Å². The highest BCUT2D eigenvalue weighted by molar-refractivity contribution is 6.34. The summed E-state index contributed by atoms with van der Waals surface area (Å²) >= 11 is 6.08. The molecule has 4 nitrogen and oxygen atoms in total. The predicted octanol–water partition coefficient (Wildman–Crippen LogP) is 2.29. The molecule has 1 aromatic rings. The van der Waals surface area contributed by atoms with Crippen LogP contribution in [0.1, 0.15) is 28.8 Å². The highest BCUT2D eigenvalue weighted by atomic mass is 35.5. The van der Waals surface area contributed by atoms with Crippen molar-refractivity contribution in [3.8, 4) is 0 Å². The predicted molar refractivity (Wildman–Crippen MR) is 63.6 cm³/mol. The fraction of sp³-hybridized carbons (Fsp3) is 0.333. The van der Waals surface area contributed by atoms with Crippen LogP contribution in [0.15, 0.2) is 23.4 Å². The van der Waals surface area contributed by atoms with Gasteiger partial charge in [0, 0.05) is 18.5 Å². The molecule has 0 aromatic heterocycles. The molecule has 0 radical (unpaired) electrons. The summed E-state index contributed by atoms with van der Waals surface area (Å²) in [7, 11) is 0. The van der Waals surface area contributed by atoms with Crippen LogP contribution in [0.3, 0.4) is 0 Å². The Labute approximate surface area is 103 Å². The lowest BCUT2D eigenvalue weighted by atomic mass is 9.93. The molecule has 0 bridgehead atoms. The van der Waals surface area contributed by atoms with Gasteiger partial charge in [-0.15, -0.1) is 0 Å². The lowest BCUT2D eigenvalue weighted by Gasteiger charge is -2.31. The van der Waals surface area contributed by atoms with Crippen molar-refractivity contribution in [3.63, 3.8) is 0 Å². The number of hydrogen-bond donors (Lipinski definition) is 1. The van der Waals surface area contributed by atoms with Crippen LogP contribution >= 0.6 is 11.6 Å². The number of Topliss-reactive ketones (excluding diaryl/α,β-unsaturated/α-hetero) is 1. The number of fused-ring (bicyclic) bond motifs is 2. The fourth-order valence-corrected chi connectivity index (χ4v) is 2.94. The molecule has 2 aliphatic rings. The van der Waals surface area contributed by atoms with Gasteiger partial charge >= 0.3 is 0 Å². The quantitative estimate of drug-likeness (QED) is 0.568. The van der Waals surface area contributed by atoms with Gasteiger partial charge in [0.2, 0.25) is 0 Å². The third-order valence-electron chi connectivity index (χ3n) is 3.45. The second kappa shape index (κ2) is 3.74. The molecule has 1 fully saturated rings. The Morgan fingerprint density at radius 2 is 2.29 bits per heavy atom. The first-order chi connectivity index (χ1) is 8.22. The van der Waals surface area contributed by atoms with E-state index >= 15 is 0 Å². The van der Waals surface area contributed by atoms with Crippen LogP contribution < -0.4 is 0 Å². The summed E-state index contributed by atoms with van der Waals surface area (Å²) in [4.78, 5) is 14.2. The first-order valence-electron chi connectivity index (χ1n) is 5.51. The molecule has 88 valence electrons. The smallest absolute Gasteiger partial charge is 0.187 e. The van der Waals surface area contributed by atoms with E-state index < -0.39 is 0 Å². The number of halogens is 1. The number of carbonyl (C=O) groups excluding carboxylic acids is 1. The zero-order valence-corrected chi connectivity index (χ0v) is 9.81. The number of ketones is 1. The largest absolute Gasteiger partial charge is 0.409 e. The number of amidine groups is 1. The molecule has 0 aliphatic carbocycles. The fourth-order valence-electron chi connectivity index (χ4n) is 2.65. The van der Waals surface area contributed by atoms with Crippen molar-refractivity contribution in [1.29, 1.82) is 0 Å². The Balaban J connectivity index is 2.11. The minimum atomic E-state index is -0.215. The second-order valence-corrected chi connectivity index (χ2v) is 4.74. The molecular weight excluding hydrogens is 240 g/mol. The maximum Gasteiger partial charge on any atom is 0.187 e. The standard InChI is InChI=1S/C12H11ClN2O2/c13-8-3-1-2-7-6-15-9(12(16)11(7)8)4-5-10(15)14-17/h1-3,9,17H,4-6H2. The normalized spacial score (nSPS) is 25.0. The summed E-state index contributed by atoms with van der Waals surface area (Å²) in [6.07, 6.45) is 1.33. The molecule has 0 saturated carbocycles. The van der Waals surface area contributed by atoms with Crippen LogP contribution in [0.25, 0.3) is 0 Å². The highest BCUT2D eigenvalue weighted by Gasteiger charge is 2.40. The Morgan fingerprint density at radius 3 is 3.06 bits per heavy atom. The summed E-state index contributed by atoms with van der Waals surface area (Å²) in [5.74, 6) is 0.629. The van der Waals surface area contributed by atoms with Gasteiger partial charge in [-0.2, -0.15) is 0 Å². The third-order valence-corrected chi connectivity index (χ3v) is 3.77. The van der Waals surface area contributed by atoms with E-state index in [-0.39, 0.29) is 11.8 Å². The summed E-state index contributed by atoms with van der Waals surface area (Å²) < 4.78 is 0. The van der Waals surface area contributed by atoms with E-state index in [4.69, 9.17) is 16.8 Å². The van der Waals surface area contributed by atoms with Crippen molar-refractivity contribution in [2.75, 3.05) is 0 Å². The zero-order chi connectivity index (χ0) is 12.0. The van der Waals surface area contributed by atoms with Gasteiger partial charge in [-0.25, -0.2) is 0 Å². The van der Waals surface area contributed by atoms with Crippen molar-refractivity contribution in [1.82, 2.24) is 4.90 Å². The molecule has 1 atom stereocenters. The van der Waals surface area contributed by atoms with E-state index in [1.54, 1.807) is 6.07 Å². The minimum Gasteiger partial charge on any atom is -0.409 e. The molecule has 1 N–H and O–H groups in total. The van der Waals surface area contributed by atoms with Gasteiger partial charge in [-0.05, 0) is 18.1 Å². The summed E-state index contributed by atoms with van der Waals surface area (Å²) in [5.41, 5.74) is 1.54. The molecule has 1 saturated heterocycles. The van der Waals surface area contributed by atoms with E-state index in [1.807, 2.05) is 17.0 Å². The SMILES string of the molecule is O=C1c2c(Cl)cccc2CN2C(=NO)CCC12. The van der Waals surface area contributed by atoms with Crippen LogP contribution in [-0.4, -0.2) is 27.8 Å². The monoisotopic (exact) mass is 250 g/mol. The van der Waals surface area contributed by atoms with Gasteiger partial charge in [0.05, 0.1) is 11.1 Å². The Hall–Kier alpha value is -1.55. The number of benzene rings is 1. The molecule has 1 unspecified atom stereocenters. The summed E-state index contributed by atoms with van der Waals surface area (Å²) in [6.45, 7) is 0.589. The van der Waals surface area contributed by atoms with Gasteiger partial charge in [0.25, 0.3) is 0 Å². The van der Waals surface area contributed by atoms with Gasteiger partial charge in [0.1, 0.15) is 5.84 Å². The van der Waals surface area contributed by atoms with E-state index in [9.17, 15) is 4.79 Å². The average Bonchev–Trinajstić information content (AvgIpc) is 2.72. The van der Waals surface area contributed by atoms with Gasteiger partial charge < -0.3 is 10.1 Å². The van der Waals surface area contributed by atoms with Crippen molar-refractivity contribution in [2.24, 2.45) is 5.16 Å². The van der Waals surface area contributed by atoms with Crippen molar-refractivity contribution >= 4 is 23.2 Å². The van der Waals surface area contributed by atoms with E-state index in [0.717, 1.165) is 5.56 Å². The molecule has 3 rings (SSSR count). The van der Waals surface area contributed by atoms with Crippen LogP contribution in [0.5, 0.6) is 0 Å². The van der Waals surface area contributed by atoms with Crippen LogP contribution in [0, 0.1) is 0 Å². The van der Waals surface area contributed by atoms with Crippen LogP contribution in [0.4, 0.5) is 0 Å². The highest BCUT2D eigenvalue weighted by Crippen LogP contribution is 2.34. The number of carbonyl (C=O) groups is 1. The molecule has 1 aromatic carbocycles. The van der Waals surface area contributed by atoms with Crippen molar-refractivity contribution in [3.05, 3.63) is 34.3 Å². The lowest BCUT2D eigenvalue weighted by Crippen LogP contribution is -2.42. The zero-order valence-electron chi connectivity index (χ0n) is 9.06. The maximum atomic E-state index is 12.3. The molecule has 0 spiro atoms. The van der Waals surface area contributed by atoms with E-state index in [1.165, 1.54) is 0 Å². The average molecular weight is 251 g/mol. The first-order valence-corrected chi connectivity index (χ1v) is 5.89. The van der Waals surface area contributed by atoms with Gasteiger partial charge in [-0.3, -0.25) is 4.79 Å². The van der Waals surface area contributed by atoms with E-state index in [0.29, 0.717) is 35.8 Å². The maximum absolute atomic E-state index is 12.3. The Kier molecular flexibility index (Phi) is 2.33. The Bertz CT molecular complexity index is 527. The number of oxime groups is 1. The molecule has 17 heavy (non-hydrogen) atoms. The van der Waals surface area contributed by atoms with Crippen molar-refractivity contribution in [2.45, 2.75) is 25.4 Å². The van der Waals surface area contributed by atoms with Gasteiger partial charge in [0.15, 0.2) is 5.78 Å². The second-order valence-electron chi connectivity index (χ2n) is 4.34. The molecule has 5 heteroatoms. The number of hydrogen-bond acceptors (Lipinski definition) is 3. The first kappa shape index (κ1) is 10.6. The minimum absolute atomic E-state index is 0.0375. The van der Waals surface area contributed by atoms with Crippen LogP contribution in [-0.2, 0) is 6.54 Å². The topological polar surface area (TPSA) is 52.9 Å². The van der Waals surface area contributed by atoms with Crippen molar-refractivity contribution < 1.29 is 10.0 Å². The molecular formula is C12H11ClN2O2. The Morgan fingerprint density at radius 1 is 1.47 bits per heavy atom.